The maximum absolute atomic E-state index is 11.9. The van der Waals surface area contributed by atoms with Gasteiger partial charge >= 0.3 is 12.1 Å². The van der Waals surface area contributed by atoms with E-state index in [1.165, 1.54) is 13.2 Å². The molecule has 28 heavy (non-hydrogen) atoms. The fourth-order valence-electron chi connectivity index (χ4n) is 2.58. The van der Waals surface area contributed by atoms with Gasteiger partial charge in [-0.15, -0.1) is 0 Å². The van der Waals surface area contributed by atoms with Crippen molar-refractivity contribution in [2.75, 3.05) is 13.7 Å². The van der Waals surface area contributed by atoms with Gasteiger partial charge in [0, 0.05) is 5.92 Å². The highest BCUT2D eigenvalue weighted by atomic mass is 16.6. The number of methoxy groups -OCH3 is 1. The number of rotatable bonds is 5. The quantitative estimate of drug-likeness (QED) is 0.288. The largest absolute Gasteiger partial charge is 0.480 e. The molecule has 1 heterocycles. The molecule has 10 nitrogen and oxygen atoms in total. The number of carbonyl (C=O) groups is 2. The number of aliphatic hydroxyl groups is 3. The van der Waals surface area contributed by atoms with Crippen molar-refractivity contribution in [2.24, 2.45) is 10.9 Å². The predicted octanol–water partition coefficient (Wildman–Crippen LogP) is 0.104. The maximum atomic E-state index is 11.9. The Kier molecular flexibility index (Phi) is 8.40. The zero-order chi connectivity index (χ0) is 21.6. The van der Waals surface area contributed by atoms with Gasteiger partial charge in [-0.1, -0.05) is 6.92 Å². The van der Waals surface area contributed by atoms with Gasteiger partial charge in [0.05, 0.1) is 19.8 Å². The predicted molar refractivity (Wildman–Crippen MR) is 99.5 cm³/mol. The lowest BCUT2D eigenvalue weighted by molar-refractivity contribution is -0.149. The molecule has 0 radical (unpaired) electrons. The number of nitrogens with zero attached hydrogens (tertiary/aromatic N) is 1. The number of alkyl carbamates (subject to hydrolysis) is 1. The molecule has 1 aliphatic heterocycles. The molecule has 0 aliphatic carbocycles. The van der Waals surface area contributed by atoms with Crippen molar-refractivity contribution in [1.29, 1.82) is 0 Å². The smallest absolute Gasteiger partial charge is 0.413 e. The monoisotopic (exact) mass is 402 g/mol. The molecule has 0 unspecified atom stereocenters. The molecule has 10 heteroatoms. The first kappa shape index (κ1) is 23.9. The van der Waals surface area contributed by atoms with Crippen LogP contribution in [-0.4, -0.2) is 76.9 Å². The van der Waals surface area contributed by atoms with Crippen LogP contribution in [0.3, 0.4) is 0 Å². The third kappa shape index (κ3) is 6.77. The first-order valence-electron chi connectivity index (χ1n) is 8.87. The Labute approximate surface area is 164 Å². The Morgan fingerprint density at radius 1 is 1.36 bits per heavy atom. The van der Waals surface area contributed by atoms with Gasteiger partial charge < -0.3 is 29.5 Å². The summed E-state index contributed by atoms with van der Waals surface area (Å²) >= 11 is 0. The topological polar surface area (TPSA) is 147 Å². The molecule has 0 aromatic heterocycles. The number of hydrogen-bond donors (Lipinski definition) is 4. The van der Waals surface area contributed by atoms with Crippen molar-refractivity contribution < 1.29 is 39.1 Å². The van der Waals surface area contributed by atoms with Crippen LogP contribution >= 0.6 is 0 Å². The van der Waals surface area contributed by atoms with E-state index in [0.717, 1.165) is 0 Å². The number of nitrogens with one attached hydrogen (secondary N) is 1. The number of ether oxygens (including phenoxy) is 3. The summed E-state index contributed by atoms with van der Waals surface area (Å²) in [5.41, 5.74) is -0.677. The Balaban J connectivity index is 3.08. The summed E-state index contributed by atoms with van der Waals surface area (Å²) in [6.07, 6.45) is -3.24. The second kappa shape index (κ2) is 9.85. The molecule has 0 saturated heterocycles. The first-order chi connectivity index (χ1) is 12.9. The molecule has 0 fully saturated rings. The van der Waals surface area contributed by atoms with E-state index in [1.807, 2.05) is 0 Å². The van der Waals surface area contributed by atoms with Gasteiger partial charge in [0.1, 0.15) is 29.7 Å². The second-order valence-electron chi connectivity index (χ2n) is 7.54. The molecule has 1 rings (SSSR count). The minimum absolute atomic E-state index is 0.186. The average molecular weight is 402 g/mol. The molecular weight excluding hydrogens is 372 g/mol. The van der Waals surface area contributed by atoms with Gasteiger partial charge in [-0.3, -0.25) is 10.3 Å². The molecule has 160 valence electrons. The van der Waals surface area contributed by atoms with Crippen molar-refractivity contribution in [3.63, 3.8) is 0 Å². The van der Waals surface area contributed by atoms with Gasteiger partial charge in [0.25, 0.3) is 0 Å². The highest BCUT2D eigenvalue weighted by Gasteiger charge is 2.41. The summed E-state index contributed by atoms with van der Waals surface area (Å²) in [4.78, 5) is 28.1. The van der Waals surface area contributed by atoms with Crippen LogP contribution in [0.1, 0.15) is 34.6 Å². The van der Waals surface area contributed by atoms with Crippen LogP contribution in [0.15, 0.2) is 16.8 Å². The van der Waals surface area contributed by atoms with Crippen molar-refractivity contribution in [3.8, 4) is 0 Å². The van der Waals surface area contributed by atoms with E-state index in [1.54, 1.807) is 34.6 Å². The van der Waals surface area contributed by atoms with Crippen LogP contribution < -0.4 is 5.32 Å². The molecule has 4 N–H and O–H groups in total. The Morgan fingerprint density at radius 3 is 2.46 bits per heavy atom. The van der Waals surface area contributed by atoms with Crippen LogP contribution in [0.4, 0.5) is 4.79 Å². The number of carbonyl (C=O) groups excluding carboxylic acids is 2. The highest BCUT2D eigenvalue weighted by Crippen LogP contribution is 2.29. The van der Waals surface area contributed by atoms with E-state index in [9.17, 15) is 19.8 Å². The van der Waals surface area contributed by atoms with Crippen molar-refractivity contribution in [2.45, 2.75) is 64.6 Å². The summed E-state index contributed by atoms with van der Waals surface area (Å²) in [6.45, 7) is 7.73. The maximum Gasteiger partial charge on any atom is 0.413 e. The number of hydrogen-bond acceptors (Lipinski definition) is 9. The first-order valence-corrected chi connectivity index (χ1v) is 8.87. The van der Waals surface area contributed by atoms with Crippen LogP contribution in [0.2, 0.25) is 0 Å². The third-order valence-corrected chi connectivity index (χ3v) is 3.97. The van der Waals surface area contributed by atoms with Crippen LogP contribution in [0.25, 0.3) is 0 Å². The molecule has 0 bridgehead atoms. The lowest BCUT2D eigenvalue weighted by Gasteiger charge is -2.37. The molecule has 0 saturated carbocycles. The lowest BCUT2D eigenvalue weighted by Crippen LogP contribution is -2.49. The number of aliphatic imine (C=N–C) groups is 1. The Hall–Kier alpha value is -2.17. The molecule has 0 aromatic carbocycles. The van der Waals surface area contributed by atoms with Gasteiger partial charge in [0.2, 0.25) is 5.76 Å². The highest BCUT2D eigenvalue weighted by molar-refractivity contribution is 5.94. The number of amidine groups is 1. The molecule has 0 spiro atoms. The van der Waals surface area contributed by atoms with E-state index < -0.39 is 54.5 Å². The number of amides is 1. The van der Waals surface area contributed by atoms with Crippen molar-refractivity contribution >= 4 is 17.9 Å². The SMILES string of the molecule is COC(=O)C1=C[C@H](N=C(C)NC(=O)OC(C)(C)C)[C@@H](C)[C@H]([C@H](O)[C@H](O)CO)O1. The van der Waals surface area contributed by atoms with Gasteiger partial charge in [0.15, 0.2) is 0 Å². The van der Waals surface area contributed by atoms with E-state index in [2.05, 4.69) is 15.0 Å². The normalized spacial score (nSPS) is 25.1. The number of esters is 1. The van der Waals surface area contributed by atoms with E-state index >= 15 is 0 Å². The summed E-state index contributed by atoms with van der Waals surface area (Å²) in [6, 6.07) is -0.677. The van der Waals surface area contributed by atoms with Crippen molar-refractivity contribution in [3.05, 3.63) is 11.8 Å². The zero-order valence-electron chi connectivity index (χ0n) is 17.0. The Bertz CT molecular complexity index is 626. The zero-order valence-corrected chi connectivity index (χ0v) is 17.0. The third-order valence-electron chi connectivity index (χ3n) is 3.97. The van der Waals surface area contributed by atoms with Gasteiger partial charge in [-0.2, -0.15) is 0 Å². The molecule has 0 aromatic rings. The van der Waals surface area contributed by atoms with Crippen LogP contribution in [-0.2, 0) is 19.0 Å². The fourth-order valence-corrected chi connectivity index (χ4v) is 2.58. The van der Waals surface area contributed by atoms with Gasteiger partial charge in [-0.05, 0) is 33.8 Å². The molecule has 5 atom stereocenters. The van der Waals surface area contributed by atoms with E-state index in [0.29, 0.717) is 0 Å². The van der Waals surface area contributed by atoms with Crippen LogP contribution in [0.5, 0.6) is 0 Å². The van der Waals surface area contributed by atoms with E-state index in [4.69, 9.17) is 14.6 Å². The molecule has 1 aliphatic rings. The molecular formula is C18H30N2O8. The van der Waals surface area contributed by atoms with Crippen molar-refractivity contribution in [1.82, 2.24) is 5.32 Å². The average Bonchev–Trinajstić information content (AvgIpc) is 2.59. The summed E-state index contributed by atoms with van der Waals surface area (Å²) in [5.74, 6) is -1.24. The second-order valence-corrected chi connectivity index (χ2v) is 7.54. The summed E-state index contributed by atoms with van der Waals surface area (Å²) < 4.78 is 15.3. The fraction of sp³-hybridized carbons (Fsp3) is 0.722. The minimum Gasteiger partial charge on any atom is -0.480 e. The standard InChI is InChI=1S/C18H30N2O8/c1-9-11(19-10(2)20-17(25)28-18(3,4)5)7-13(16(24)26-6)27-15(9)14(23)12(22)8-21/h7,9,11-12,14-15,21-23H,8H2,1-6H3,(H,19,20,25)/t9-,11+,12-,14-,15-/m1/s1. The number of aliphatic hydroxyl groups excluding tert-OH is 3. The molecule has 1 amide bonds. The van der Waals surface area contributed by atoms with Crippen LogP contribution in [0, 0.1) is 5.92 Å². The van der Waals surface area contributed by atoms with E-state index in [-0.39, 0.29) is 11.6 Å². The summed E-state index contributed by atoms with van der Waals surface area (Å²) in [7, 11) is 1.17. The minimum atomic E-state index is -1.47. The Morgan fingerprint density at radius 2 is 1.96 bits per heavy atom. The van der Waals surface area contributed by atoms with Gasteiger partial charge in [-0.25, -0.2) is 9.59 Å². The summed E-state index contributed by atoms with van der Waals surface area (Å²) in [5, 5.41) is 31.6. The lowest BCUT2D eigenvalue weighted by atomic mass is 9.87.